The summed E-state index contributed by atoms with van der Waals surface area (Å²) in [5.41, 5.74) is 4.92. The van der Waals surface area contributed by atoms with Crippen LogP contribution in [0.4, 0.5) is 4.39 Å². The number of nitrogens with zero attached hydrogens (tertiary/aromatic N) is 1. The molecule has 1 saturated carbocycles. The number of hydrogen-bond acceptors (Lipinski definition) is 5. The van der Waals surface area contributed by atoms with E-state index in [2.05, 4.69) is 10.3 Å². The number of aryl methyl sites for hydroxylation is 3. The van der Waals surface area contributed by atoms with E-state index in [4.69, 9.17) is 0 Å². The third kappa shape index (κ3) is 5.93. The molecule has 39 heavy (non-hydrogen) atoms. The van der Waals surface area contributed by atoms with E-state index in [-0.39, 0.29) is 40.0 Å². The smallest absolute Gasteiger partial charge is 0.252 e. The second-order valence-corrected chi connectivity index (χ2v) is 12.4. The second-order valence-electron chi connectivity index (χ2n) is 11.2. The van der Waals surface area contributed by atoms with Crippen molar-refractivity contribution < 1.29 is 9.18 Å². The predicted octanol–water partition coefficient (Wildman–Crippen LogP) is 6.09. The quantitative estimate of drug-likeness (QED) is 0.429. The van der Waals surface area contributed by atoms with Crippen LogP contribution in [0.25, 0.3) is 10.9 Å². The minimum Gasteiger partial charge on any atom is -0.349 e. The fraction of sp³-hybridized carbons (Fsp3) is 0.438. The molecule has 0 atom stereocenters. The van der Waals surface area contributed by atoms with E-state index in [0.29, 0.717) is 29.5 Å². The number of nitrogens with one attached hydrogen (secondary N) is 1. The molecule has 1 aliphatic carbocycles. The van der Waals surface area contributed by atoms with E-state index >= 15 is 0 Å². The molecule has 2 heterocycles. The number of hydrogen-bond donors (Lipinski definition) is 1. The van der Waals surface area contributed by atoms with Gasteiger partial charge in [-0.1, -0.05) is 17.7 Å². The van der Waals surface area contributed by atoms with E-state index < -0.39 is 5.82 Å². The predicted molar refractivity (Wildman–Crippen MR) is 157 cm³/mol. The van der Waals surface area contributed by atoms with E-state index in [0.717, 1.165) is 65.6 Å². The fourth-order valence-corrected chi connectivity index (χ4v) is 7.49. The van der Waals surface area contributed by atoms with Crippen molar-refractivity contribution in [3.05, 3.63) is 96.2 Å². The molecule has 0 spiro atoms. The highest BCUT2D eigenvalue weighted by molar-refractivity contribution is 7.99. The van der Waals surface area contributed by atoms with Crippen molar-refractivity contribution in [3.8, 4) is 0 Å². The lowest BCUT2D eigenvalue weighted by Crippen LogP contribution is -2.38. The van der Waals surface area contributed by atoms with Crippen molar-refractivity contribution >= 4 is 28.6 Å². The molecule has 7 heteroatoms. The summed E-state index contributed by atoms with van der Waals surface area (Å²) in [6.45, 7) is 5.95. The first-order valence-corrected chi connectivity index (χ1v) is 15.0. The van der Waals surface area contributed by atoms with Crippen LogP contribution in [-0.2, 0) is 0 Å². The first-order valence-electron chi connectivity index (χ1n) is 13.9. The van der Waals surface area contributed by atoms with Crippen molar-refractivity contribution in [2.24, 2.45) is 0 Å². The Morgan fingerprint density at radius 2 is 1.49 bits per heavy atom. The Labute approximate surface area is 232 Å². The normalized spacial score (nSPS) is 20.1. The Balaban J connectivity index is 1.44. The Hall–Kier alpha value is -3.06. The zero-order chi connectivity index (χ0) is 27.7. The van der Waals surface area contributed by atoms with Gasteiger partial charge in [0.05, 0.1) is 17.1 Å². The average molecular weight is 547 g/mol. The largest absolute Gasteiger partial charge is 0.349 e. The topological polar surface area (TPSA) is 76.1 Å². The number of amides is 1. The lowest BCUT2D eigenvalue weighted by atomic mass is 9.80. The van der Waals surface area contributed by atoms with Gasteiger partial charge in [-0.25, -0.2) is 4.39 Å². The summed E-state index contributed by atoms with van der Waals surface area (Å²) in [6, 6.07) is 8.46. The second kappa shape index (κ2) is 11.6. The van der Waals surface area contributed by atoms with Gasteiger partial charge in [-0.15, -0.1) is 0 Å². The van der Waals surface area contributed by atoms with Crippen molar-refractivity contribution in [2.45, 2.75) is 77.2 Å². The Bertz CT molecular complexity index is 1520. The molecule has 0 radical (unpaired) electrons. The van der Waals surface area contributed by atoms with E-state index in [9.17, 15) is 18.8 Å². The van der Waals surface area contributed by atoms with Crippen molar-refractivity contribution in [2.75, 3.05) is 11.5 Å². The molecule has 1 N–H and O–H groups in total. The van der Waals surface area contributed by atoms with E-state index in [1.807, 2.05) is 44.7 Å². The highest BCUT2D eigenvalue weighted by Crippen LogP contribution is 2.34. The van der Waals surface area contributed by atoms with Crippen LogP contribution in [0.1, 0.15) is 88.5 Å². The lowest BCUT2D eigenvalue weighted by molar-refractivity contribution is 0.0924. The molecule has 2 aliphatic rings. The first kappa shape index (κ1) is 27.5. The van der Waals surface area contributed by atoms with Crippen LogP contribution in [0.5, 0.6) is 0 Å². The maximum atomic E-state index is 14.1. The monoisotopic (exact) mass is 546 g/mol. The molecule has 3 aromatic rings. The van der Waals surface area contributed by atoms with Gasteiger partial charge in [0.1, 0.15) is 5.82 Å². The van der Waals surface area contributed by atoms with Gasteiger partial charge in [-0.05, 0) is 112 Å². The minimum atomic E-state index is -0.566. The zero-order valence-corrected chi connectivity index (χ0v) is 23.6. The van der Waals surface area contributed by atoms with Gasteiger partial charge in [0.2, 0.25) is 0 Å². The van der Waals surface area contributed by atoms with E-state index in [1.165, 1.54) is 12.1 Å². The SMILES string of the molecule is Cc1cc(C)c(C(=O)NC2CCC(c3cc(=O)c4cc(F)cnc4cc(C4CCSCC4)c3=O)CC2)c(C)c1. The molecule has 5 nitrogen and oxygen atoms in total. The summed E-state index contributed by atoms with van der Waals surface area (Å²) in [5.74, 6) is 1.37. The number of halogens is 1. The molecule has 1 amide bonds. The van der Waals surface area contributed by atoms with Crippen LogP contribution >= 0.6 is 11.8 Å². The van der Waals surface area contributed by atoms with Crippen LogP contribution in [0.3, 0.4) is 0 Å². The van der Waals surface area contributed by atoms with Gasteiger partial charge in [0.25, 0.3) is 5.91 Å². The minimum absolute atomic E-state index is 0.0122. The third-order valence-electron chi connectivity index (χ3n) is 8.32. The van der Waals surface area contributed by atoms with Crippen LogP contribution in [0, 0.1) is 26.6 Å². The van der Waals surface area contributed by atoms with Gasteiger partial charge in [-0.3, -0.25) is 19.4 Å². The van der Waals surface area contributed by atoms with Gasteiger partial charge >= 0.3 is 0 Å². The molecule has 2 aromatic carbocycles. The lowest BCUT2D eigenvalue weighted by Gasteiger charge is -2.30. The summed E-state index contributed by atoms with van der Waals surface area (Å²) < 4.78 is 14.1. The van der Waals surface area contributed by atoms with E-state index in [1.54, 1.807) is 6.07 Å². The van der Waals surface area contributed by atoms with Gasteiger partial charge in [0.15, 0.2) is 10.9 Å². The van der Waals surface area contributed by atoms with Crippen LogP contribution in [0.2, 0.25) is 0 Å². The fourth-order valence-electron chi connectivity index (χ4n) is 6.39. The molecule has 1 saturated heterocycles. The maximum Gasteiger partial charge on any atom is 0.252 e. The first-order chi connectivity index (χ1) is 18.7. The van der Waals surface area contributed by atoms with Crippen LogP contribution in [-0.4, -0.2) is 28.4 Å². The highest BCUT2D eigenvalue weighted by Gasteiger charge is 2.28. The molecular weight excluding hydrogens is 511 g/mol. The number of aromatic nitrogens is 1. The maximum absolute atomic E-state index is 14.1. The number of rotatable bonds is 4. The number of thioether (sulfide) groups is 1. The molecule has 204 valence electrons. The average Bonchev–Trinajstić information content (AvgIpc) is 2.90. The summed E-state index contributed by atoms with van der Waals surface area (Å²) in [7, 11) is 0. The number of pyridine rings is 1. The molecular formula is C32H35FN2O3S. The Kier molecular flexibility index (Phi) is 8.17. The van der Waals surface area contributed by atoms with Gasteiger partial charge in [0, 0.05) is 22.7 Å². The summed E-state index contributed by atoms with van der Waals surface area (Å²) >= 11 is 1.89. The number of carbonyl (C=O) groups excluding carboxylic acids is 1. The summed E-state index contributed by atoms with van der Waals surface area (Å²) in [6.07, 6.45) is 5.75. The molecule has 0 unspecified atom stereocenters. The highest BCUT2D eigenvalue weighted by atomic mass is 32.2. The third-order valence-corrected chi connectivity index (χ3v) is 9.37. The molecule has 1 aliphatic heterocycles. The van der Waals surface area contributed by atoms with Crippen LogP contribution in [0.15, 0.2) is 46.1 Å². The number of fused-ring (bicyclic) bond motifs is 1. The van der Waals surface area contributed by atoms with Crippen molar-refractivity contribution in [1.82, 2.24) is 10.3 Å². The summed E-state index contributed by atoms with van der Waals surface area (Å²) in [5, 5.41) is 3.41. The molecule has 2 fully saturated rings. The standard InChI is InChI=1S/C32H35FN2O3S/c1-18-12-19(2)30(20(3)13-18)32(38)35-24-6-4-21(5-7-24)26-16-29(36)27-14-23(33)17-34-28(27)15-25(31(26)37)22-8-10-39-11-9-22/h12-17,21-22,24H,4-11H2,1-3H3,(H,35,38). The van der Waals surface area contributed by atoms with Crippen LogP contribution < -0.4 is 16.2 Å². The number of carbonyl (C=O) groups is 1. The molecule has 1 aromatic heterocycles. The summed E-state index contributed by atoms with van der Waals surface area (Å²) in [4.78, 5) is 44.5. The zero-order valence-electron chi connectivity index (χ0n) is 22.8. The molecule has 5 rings (SSSR count). The van der Waals surface area contributed by atoms with Gasteiger partial charge < -0.3 is 5.32 Å². The van der Waals surface area contributed by atoms with Crippen molar-refractivity contribution in [3.63, 3.8) is 0 Å². The Morgan fingerprint density at radius 3 is 2.15 bits per heavy atom. The number of benzene rings is 1. The Morgan fingerprint density at radius 1 is 0.872 bits per heavy atom. The van der Waals surface area contributed by atoms with Gasteiger partial charge in [-0.2, -0.15) is 11.8 Å². The molecule has 0 bridgehead atoms. The van der Waals surface area contributed by atoms with Crippen molar-refractivity contribution in [1.29, 1.82) is 0 Å².